The number of fused-ring (bicyclic) bond motifs is 10. The van der Waals surface area contributed by atoms with Crippen molar-refractivity contribution in [3.63, 3.8) is 0 Å². The van der Waals surface area contributed by atoms with Crippen molar-refractivity contribution in [2.24, 2.45) is 0 Å². The van der Waals surface area contributed by atoms with E-state index in [1.807, 2.05) is 29.7 Å². The fourth-order valence-corrected chi connectivity index (χ4v) is 6.72. The Hall–Kier alpha value is -3.95. The van der Waals surface area contributed by atoms with Crippen molar-refractivity contribution < 1.29 is 0 Å². The Labute approximate surface area is 221 Å². The first-order chi connectivity index (χ1) is 17.9. The van der Waals surface area contributed by atoms with Crippen LogP contribution >= 0.6 is 11.3 Å². The molecule has 0 aliphatic carbocycles. The second kappa shape index (κ2) is 8.03. The zero-order chi connectivity index (χ0) is 25.3. The average Bonchev–Trinajstić information content (AvgIpc) is 3.28. The van der Waals surface area contributed by atoms with Crippen molar-refractivity contribution in [2.45, 2.75) is 33.1 Å². The summed E-state index contributed by atoms with van der Waals surface area (Å²) in [7, 11) is 0. The molecular weight excluding hydrogens is 468 g/mol. The number of benzene rings is 4. The van der Waals surface area contributed by atoms with Gasteiger partial charge in [-0.1, -0.05) is 63.2 Å². The van der Waals surface area contributed by atoms with Crippen LogP contribution in [0.5, 0.6) is 0 Å². The van der Waals surface area contributed by atoms with Gasteiger partial charge in [0.2, 0.25) is 0 Å². The molecule has 0 unspecified atom stereocenters. The molecule has 0 spiro atoms. The molecule has 1 aliphatic heterocycles. The molecule has 0 fully saturated rings. The molecule has 0 saturated heterocycles. The highest BCUT2D eigenvalue weighted by Gasteiger charge is 2.26. The molecule has 2 nitrogen and oxygen atoms in total. The molecule has 180 valence electrons. The fourth-order valence-electron chi connectivity index (χ4n) is 5.60. The summed E-state index contributed by atoms with van der Waals surface area (Å²) in [6, 6.07) is 31.0. The van der Waals surface area contributed by atoms with Crippen LogP contribution in [0.2, 0.25) is 0 Å². The van der Waals surface area contributed by atoms with Crippen molar-refractivity contribution >= 4 is 42.9 Å². The van der Waals surface area contributed by atoms with Crippen LogP contribution in [0.1, 0.15) is 31.9 Å². The molecule has 4 aromatic carbocycles. The van der Waals surface area contributed by atoms with Gasteiger partial charge in [-0.2, -0.15) is 0 Å². The van der Waals surface area contributed by atoms with Crippen LogP contribution < -0.4 is 5.32 Å². The number of rotatable bonds is 1. The lowest BCUT2D eigenvalue weighted by Crippen LogP contribution is -2.13. The number of hydrogen-bond acceptors (Lipinski definition) is 3. The lowest BCUT2D eigenvalue weighted by molar-refractivity contribution is 0.590. The van der Waals surface area contributed by atoms with Crippen LogP contribution in [0.25, 0.3) is 53.7 Å². The number of pyridine rings is 1. The van der Waals surface area contributed by atoms with E-state index >= 15 is 0 Å². The zero-order valence-corrected chi connectivity index (χ0v) is 22.3. The van der Waals surface area contributed by atoms with Gasteiger partial charge in [-0.15, -0.1) is 11.3 Å². The largest absolute Gasteiger partial charge is 0.354 e. The summed E-state index contributed by atoms with van der Waals surface area (Å²) in [5.41, 5.74) is 12.2. The number of anilines is 2. The van der Waals surface area contributed by atoms with Crippen molar-refractivity contribution in [2.75, 3.05) is 5.32 Å². The third-order valence-corrected chi connectivity index (χ3v) is 8.76. The number of hydrogen-bond donors (Lipinski definition) is 1. The summed E-state index contributed by atoms with van der Waals surface area (Å²) in [4.78, 5) is 4.62. The molecule has 3 heteroatoms. The standard InChI is InChI=1S/C34H28N2S/c1-20-24-18-22(34(2,3)4)19-25(20)32-29(14-15-31-33(32)23-9-5-6-11-30(23)37-31)36-28-13-12-21(17-26(24)28)27-10-7-8-16-35-27/h5-19,36H,1-4H3. The van der Waals surface area contributed by atoms with E-state index in [1.165, 1.54) is 53.6 Å². The van der Waals surface area contributed by atoms with Gasteiger partial charge in [0.1, 0.15) is 0 Å². The second-order valence-corrected chi connectivity index (χ2v) is 12.1. The summed E-state index contributed by atoms with van der Waals surface area (Å²) >= 11 is 1.88. The molecule has 1 N–H and O–H groups in total. The third-order valence-electron chi connectivity index (χ3n) is 7.63. The van der Waals surface area contributed by atoms with Crippen molar-refractivity contribution in [1.29, 1.82) is 0 Å². The SMILES string of the molecule is Cc1c2cc(C(C)(C)C)cc1-c1c(ccc3sc4ccccc4c13)Nc1ccc(-c3ccccn3)cc1-2. The summed E-state index contributed by atoms with van der Waals surface area (Å²) in [5.74, 6) is 0. The van der Waals surface area contributed by atoms with E-state index in [0.717, 1.165) is 22.6 Å². The summed E-state index contributed by atoms with van der Waals surface area (Å²) in [5, 5.41) is 6.53. The lowest BCUT2D eigenvalue weighted by atomic mass is 9.79. The molecule has 0 saturated carbocycles. The lowest BCUT2D eigenvalue weighted by Gasteiger charge is -2.28. The Balaban J connectivity index is 1.60. The maximum atomic E-state index is 4.62. The predicted octanol–water partition coefficient (Wildman–Crippen LogP) is 10.1. The van der Waals surface area contributed by atoms with Crippen LogP contribution in [0, 0.1) is 6.92 Å². The Morgan fingerprint density at radius 2 is 1.51 bits per heavy atom. The van der Waals surface area contributed by atoms with E-state index in [9.17, 15) is 0 Å². The van der Waals surface area contributed by atoms with E-state index in [1.54, 1.807) is 0 Å². The first-order valence-corrected chi connectivity index (χ1v) is 13.6. The number of nitrogens with one attached hydrogen (secondary N) is 1. The van der Waals surface area contributed by atoms with E-state index in [0.29, 0.717) is 0 Å². The molecule has 0 atom stereocenters. The molecule has 7 rings (SSSR count). The fraction of sp³-hybridized carbons (Fsp3) is 0.147. The van der Waals surface area contributed by atoms with Gasteiger partial charge in [-0.05, 0) is 77.1 Å². The number of nitrogens with zero attached hydrogens (tertiary/aromatic N) is 1. The zero-order valence-electron chi connectivity index (χ0n) is 21.5. The normalized spacial score (nSPS) is 12.5. The van der Waals surface area contributed by atoms with Crippen molar-refractivity contribution in [3.8, 4) is 33.5 Å². The minimum atomic E-state index is 0.0212. The molecule has 3 heterocycles. The van der Waals surface area contributed by atoms with E-state index in [4.69, 9.17) is 0 Å². The van der Waals surface area contributed by atoms with Gasteiger partial charge >= 0.3 is 0 Å². The first-order valence-electron chi connectivity index (χ1n) is 12.8. The summed E-state index contributed by atoms with van der Waals surface area (Å²) in [6.07, 6.45) is 1.86. The van der Waals surface area contributed by atoms with Crippen LogP contribution in [0.3, 0.4) is 0 Å². The molecule has 37 heavy (non-hydrogen) atoms. The van der Waals surface area contributed by atoms with Crippen LogP contribution in [0.4, 0.5) is 11.4 Å². The minimum absolute atomic E-state index is 0.0212. The van der Waals surface area contributed by atoms with E-state index in [-0.39, 0.29) is 5.41 Å². The van der Waals surface area contributed by atoms with Crippen molar-refractivity contribution in [1.82, 2.24) is 4.98 Å². The quantitative estimate of drug-likeness (QED) is 0.244. The molecule has 2 aromatic heterocycles. The van der Waals surface area contributed by atoms with Gasteiger partial charge in [-0.25, -0.2) is 0 Å². The average molecular weight is 497 g/mol. The topological polar surface area (TPSA) is 24.9 Å². The maximum absolute atomic E-state index is 4.62. The highest BCUT2D eigenvalue weighted by atomic mass is 32.1. The molecule has 6 aromatic rings. The number of aromatic nitrogens is 1. The highest BCUT2D eigenvalue weighted by Crippen LogP contribution is 2.50. The molecule has 0 radical (unpaired) electrons. The monoisotopic (exact) mass is 496 g/mol. The van der Waals surface area contributed by atoms with Crippen LogP contribution in [-0.2, 0) is 5.41 Å². The smallest absolute Gasteiger partial charge is 0.0702 e. The second-order valence-electron chi connectivity index (χ2n) is 11.0. The molecule has 2 bridgehead atoms. The van der Waals surface area contributed by atoms with Gasteiger partial charge < -0.3 is 5.32 Å². The van der Waals surface area contributed by atoms with Crippen molar-refractivity contribution in [3.05, 3.63) is 102 Å². The maximum Gasteiger partial charge on any atom is 0.0702 e. The Bertz CT molecular complexity index is 1840. The van der Waals surface area contributed by atoms with Gasteiger partial charge in [0.25, 0.3) is 0 Å². The highest BCUT2D eigenvalue weighted by molar-refractivity contribution is 7.26. The molecular formula is C34H28N2S. The molecule has 1 aliphatic rings. The van der Waals surface area contributed by atoms with Crippen LogP contribution in [0.15, 0.2) is 91.1 Å². The molecule has 0 amide bonds. The Morgan fingerprint density at radius 3 is 2.32 bits per heavy atom. The predicted molar refractivity (Wildman–Crippen MR) is 160 cm³/mol. The summed E-state index contributed by atoms with van der Waals surface area (Å²) in [6.45, 7) is 9.21. The van der Waals surface area contributed by atoms with E-state index in [2.05, 4.69) is 111 Å². The summed E-state index contributed by atoms with van der Waals surface area (Å²) < 4.78 is 2.66. The number of thiophene rings is 1. The Morgan fingerprint density at radius 1 is 0.730 bits per heavy atom. The van der Waals surface area contributed by atoms with Gasteiger partial charge in [0, 0.05) is 54.4 Å². The third kappa shape index (κ3) is 3.49. The van der Waals surface area contributed by atoms with Crippen LogP contribution in [-0.4, -0.2) is 4.98 Å². The van der Waals surface area contributed by atoms with E-state index < -0.39 is 0 Å². The van der Waals surface area contributed by atoms with Gasteiger partial charge in [0.15, 0.2) is 0 Å². The Kier molecular flexibility index (Phi) is 4.83. The van der Waals surface area contributed by atoms with Gasteiger partial charge in [-0.3, -0.25) is 4.98 Å². The van der Waals surface area contributed by atoms with Gasteiger partial charge in [0.05, 0.1) is 5.69 Å². The first kappa shape index (κ1) is 22.3. The minimum Gasteiger partial charge on any atom is -0.354 e.